The Hall–Kier alpha value is -1.33. The highest BCUT2D eigenvalue weighted by Gasteiger charge is 2.12. The van der Waals surface area contributed by atoms with Crippen molar-refractivity contribution in [2.24, 2.45) is 0 Å². The van der Waals surface area contributed by atoms with E-state index in [9.17, 15) is 4.79 Å². The van der Waals surface area contributed by atoms with E-state index in [1.165, 1.54) is 25.3 Å². The molecule has 5 heteroatoms. The van der Waals surface area contributed by atoms with E-state index >= 15 is 0 Å². The Morgan fingerprint density at radius 1 is 1.38 bits per heavy atom. The quantitative estimate of drug-likeness (QED) is 0.471. The first-order valence-corrected chi connectivity index (χ1v) is 3.67. The number of carbonyl (C=O) groups is 1. The molecule has 0 aliphatic rings. The molecule has 0 amide bonds. The fourth-order valence-corrected chi connectivity index (χ4v) is 0.981. The third-order valence-electron chi connectivity index (χ3n) is 1.62. The zero-order valence-corrected chi connectivity index (χ0v) is 7.10. The van der Waals surface area contributed by atoms with Gasteiger partial charge in [0, 0.05) is 5.56 Å². The van der Waals surface area contributed by atoms with Crippen molar-refractivity contribution in [3.63, 3.8) is 0 Å². The molecule has 0 atom stereocenters. The van der Waals surface area contributed by atoms with Gasteiger partial charge in [-0.05, 0) is 17.6 Å². The van der Waals surface area contributed by atoms with Crippen LogP contribution in [-0.4, -0.2) is 30.6 Å². The van der Waals surface area contributed by atoms with Crippen LogP contribution in [-0.2, 0) is 0 Å². The molecule has 0 saturated heterocycles. The van der Waals surface area contributed by atoms with E-state index in [1.807, 2.05) is 0 Å². The Kier molecular flexibility index (Phi) is 3.05. The highest BCUT2D eigenvalue weighted by molar-refractivity contribution is 6.58. The van der Waals surface area contributed by atoms with E-state index in [2.05, 4.69) is 0 Å². The first kappa shape index (κ1) is 9.76. The molecular formula is C8H9BO4. The molecule has 4 nitrogen and oxygen atoms in total. The second kappa shape index (κ2) is 4.07. The molecule has 0 aliphatic carbocycles. The number of hydrogen-bond acceptors (Lipinski definition) is 4. The van der Waals surface area contributed by atoms with Crippen LogP contribution in [0.25, 0.3) is 0 Å². The van der Waals surface area contributed by atoms with Crippen LogP contribution in [0.2, 0.25) is 0 Å². The van der Waals surface area contributed by atoms with Gasteiger partial charge in [-0.1, -0.05) is 6.07 Å². The Labute approximate surface area is 75.9 Å². The first-order valence-electron chi connectivity index (χ1n) is 3.67. The van der Waals surface area contributed by atoms with Crippen LogP contribution in [0.5, 0.6) is 5.75 Å². The van der Waals surface area contributed by atoms with Crippen LogP contribution in [0.4, 0.5) is 0 Å². The van der Waals surface area contributed by atoms with E-state index in [0.717, 1.165) is 0 Å². The summed E-state index contributed by atoms with van der Waals surface area (Å²) in [6.45, 7) is 0. The van der Waals surface area contributed by atoms with Crippen molar-refractivity contribution >= 4 is 18.9 Å². The lowest BCUT2D eigenvalue weighted by Crippen LogP contribution is -2.30. The average molecular weight is 180 g/mol. The van der Waals surface area contributed by atoms with E-state index in [4.69, 9.17) is 14.8 Å². The summed E-state index contributed by atoms with van der Waals surface area (Å²) in [6, 6.07) is 4.36. The van der Waals surface area contributed by atoms with E-state index in [0.29, 0.717) is 17.6 Å². The normalized spacial score (nSPS) is 9.46. The second-order valence-corrected chi connectivity index (χ2v) is 2.53. The minimum atomic E-state index is -1.59. The number of aldehydes is 1. The third-order valence-corrected chi connectivity index (χ3v) is 1.62. The van der Waals surface area contributed by atoms with Crippen molar-refractivity contribution in [2.45, 2.75) is 0 Å². The van der Waals surface area contributed by atoms with Gasteiger partial charge in [0.05, 0.1) is 7.11 Å². The number of ether oxygens (including phenoxy) is 1. The van der Waals surface area contributed by atoms with Crippen molar-refractivity contribution in [1.82, 2.24) is 0 Å². The van der Waals surface area contributed by atoms with Crippen LogP contribution in [0.3, 0.4) is 0 Å². The summed E-state index contributed by atoms with van der Waals surface area (Å²) in [5, 5.41) is 17.7. The maximum Gasteiger partial charge on any atom is 0.488 e. The molecule has 1 rings (SSSR count). The first-order chi connectivity index (χ1) is 6.17. The summed E-state index contributed by atoms with van der Waals surface area (Å²) in [5.41, 5.74) is 0.587. The molecule has 0 spiro atoms. The minimum absolute atomic E-state index is 0.237. The fraction of sp³-hybridized carbons (Fsp3) is 0.125. The van der Waals surface area contributed by atoms with Crippen molar-refractivity contribution < 1.29 is 19.6 Å². The molecule has 0 bridgehead atoms. The number of benzene rings is 1. The number of carbonyl (C=O) groups excluding carboxylic acids is 1. The molecule has 0 fully saturated rings. The minimum Gasteiger partial charge on any atom is -0.497 e. The molecule has 0 heterocycles. The SMILES string of the molecule is COc1cc(C=O)cc(B(O)O)c1. The molecule has 0 unspecified atom stereocenters. The monoisotopic (exact) mass is 180 g/mol. The lowest BCUT2D eigenvalue weighted by molar-refractivity contribution is 0.112. The number of methoxy groups -OCH3 is 1. The molecule has 2 N–H and O–H groups in total. The average Bonchev–Trinajstić information content (AvgIpc) is 2.16. The maximum absolute atomic E-state index is 10.4. The largest absolute Gasteiger partial charge is 0.497 e. The maximum atomic E-state index is 10.4. The predicted octanol–water partition coefficient (Wildman–Crippen LogP) is -0.812. The van der Waals surface area contributed by atoms with Crippen LogP contribution >= 0.6 is 0 Å². The predicted molar refractivity (Wildman–Crippen MR) is 48.2 cm³/mol. The molecule has 0 aliphatic heterocycles. The summed E-state index contributed by atoms with van der Waals surface area (Å²) >= 11 is 0. The molecular weight excluding hydrogens is 171 g/mol. The van der Waals surface area contributed by atoms with Crippen molar-refractivity contribution in [2.75, 3.05) is 7.11 Å². The zero-order chi connectivity index (χ0) is 9.84. The highest BCUT2D eigenvalue weighted by Crippen LogP contribution is 2.09. The van der Waals surface area contributed by atoms with E-state index in [-0.39, 0.29) is 5.46 Å². The van der Waals surface area contributed by atoms with Gasteiger partial charge in [-0.15, -0.1) is 0 Å². The molecule has 0 radical (unpaired) electrons. The van der Waals surface area contributed by atoms with Gasteiger partial charge in [0.15, 0.2) is 0 Å². The van der Waals surface area contributed by atoms with Gasteiger partial charge in [0.2, 0.25) is 0 Å². The molecule has 1 aromatic carbocycles. The van der Waals surface area contributed by atoms with Gasteiger partial charge in [-0.3, -0.25) is 4.79 Å². The topological polar surface area (TPSA) is 66.8 Å². The lowest BCUT2D eigenvalue weighted by Gasteiger charge is -2.04. The number of rotatable bonds is 3. The standard InChI is InChI=1S/C8H9BO4/c1-13-8-3-6(5-10)2-7(4-8)9(11)12/h2-5,11-12H,1H3. The van der Waals surface area contributed by atoms with Gasteiger partial charge in [0.25, 0.3) is 0 Å². The van der Waals surface area contributed by atoms with Crippen molar-refractivity contribution in [3.05, 3.63) is 23.8 Å². The van der Waals surface area contributed by atoms with Crippen LogP contribution < -0.4 is 10.2 Å². The molecule has 0 saturated carbocycles. The Morgan fingerprint density at radius 2 is 2.08 bits per heavy atom. The van der Waals surface area contributed by atoms with Gasteiger partial charge in [-0.2, -0.15) is 0 Å². The summed E-state index contributed by atoms with van der Waals surface area (Å²) in [6.07, 6.45) is 0.619. The Balaban J connectivity index is 3.14. The smallest absolute Gasteiger partial charge is 0.488 e. The van der Waals surface area contributed by atoms with Gasteiger partial charge < -0.3 is 14.8 Å². The van der Waals surface area contributed by atoms with E-state index in [1.54, 1.807) is 0 Å². The van der Waals surface area contributed by atoms with E-state index < -0.39 is 7.12 Å². The Bertz CT molecular complexity index is 311. The fourth-order valence-electron chi connectivity index (χ4n) is 0.981. The zero-order valence-electron chi connectivity index (χ0n) is 7.10. The highest BCUT2D eigenvalue weighted by atomic mass is 16.5. The van der Waals surface area contributed by atoms with Gasteiger partial charge >= 0.3 is 7.12 Å². The summed E-state index contributed by atoms with van der Waals surface area (Å²) in [5.74, 6) is 0.424. The van der Waals surface area contributed by atoms with Gasteiger partial charge in [0.1, 0.15) is 12.0 Å². The number of hydrogen-bond donors (Lipinski definition) is 2. The summed E-state index contributed by atoms with van der Waals surface area (Å²) in [7, 11) is -0.147. The van der Waals surface area contributed by atoms with Crippen LogP contribution in [0.15, 0.2) is 18.2 Å². The van der Waals surface area contributed by atoms with Gasteiger partial charge in [-0.25, -0.2) is 0 Å². The molecule has 1 aromatic rings. The summed E-state index contributed by atoms with van der Waals surface area (Å²) < 4.78 is 4.87. The van der Waals surface area contributed by atoms with Crippen molar-refractivity contribution in [1.29, 1.82) is 0 Å². The summed E-state index contributed by atoms with van der Waals surface area (Å²) in [4.78, 5) is 10.4. The van der Waals surface area contributed by atoms with Crippen molar-refractivity contribution in [3.8, 4) is 5.75 Å². The second-order valence-electron chi connectivity index (χ2n) is 2.53. The molecule has 13 heavy (non-hydrogen) atoms. The third kappa shape index (κ3) is 2.30. The Morgan fingerprint density at radius 3 is 2.54 bits per heavy atom. The lowest BCUT2D eigenvalue weighted by atomic mass is 9.79. The molecule has 0 aromatic heterocycles. The van der Waals surface area contributed by atoms with Crippen LogP contribution in [0.1, 0.15) is 10.4 Å². The molecule has 68 valence electrons. The van der Waals surface area contributed by atoms with Crippen LogP contribution in [0, 0.1) is 0 Å².